The molecule has 1 aromatic heterocycles. The van der Waals surface area contributed by atoms with Crippen molar-refractivity contribution in [2.75, 3.05) is 50.9 Å². The average Bonchev–Trinajstić information content (AvgIpc) is 3.58. The minimum atomic E-state index is -0.781. The highest BCUT2D eigenvalue weighted by Gasteiger charge is 2.32. The highest BCUT2D eigenvalue weighted by molar-refractivity contribution is 7.98. The van der Waals surface area contributed by atoms with Crippen LogP contribution in [0.2, 0.25) is 0 Å². The number of hydrogen-bond donors (Lipinski definition) is 2. The van der Waals surface area contributed by atoms with Gasteiger partial charge in [-0.15, -0.1) is 4.52 Å². The van der Waals surface area contributed by atoms with Crippen LogP contribution in [0, 0.1) is 0 Å². The van der Waals surface area contributed by atoms with E-state index < -0.39 is 17.4 Å². The second-order valence-corrected chi connectivity index (χ2v) is 9.94. The first-order valence-corrected chi connectivity index (χ1v) is 12.4. The van der Waals surface area contributed by atoms with Crippen LogP contribution in [0.5, 0.6) is 5.75 Å². The van der Waals surface area contributed by atoms with E-state index in [9.17, 15) is 14.4 Å². The molecule has 12 nitrogen and oxygen atoms in total. The largest absolute Gasteiger partial charge is 0.496 e. The first kappa shape index (κ1) is 25.6. The number of amides is 3. The summed E-state index contributed by atoms with van der Waals surface area (Å²) in [6.07, 6.45) is 2.88. The maximum absolute atomic E-state index is 12.6. The Labute approximate surface area is 213 Å². The Morgan fingerprint density at radius 2 is 1.97 bits per heavy atom. The smallest absolute Gasteiger partial charge is 0.313 e. The number of methoxy groups -OCH3 is 1. The van der Waals surface area contributed by atoms with Crippen LogP contribution < -0.4 is 15.4 Å². The number of nitrogens with one attached hydrogen (secondary N) is 2. The fourth-order valence-electron chi connectivity index (χ4n) is 4.16. The third-order valence-corrected chi connectivity index (χ3v) is 6.55. The zero-order chi connectivity index (χ0) is 25.7. The van der Waals surface area contributed by atoms with Crippen LogP contribution in [0.1, 0.15) is 13.8 Å². The van der Waals surface area contributed by atoms with Gasteiger partial charge in [-0.3, -0.25) is 19.3 Å². The summed E-state index contributed by atoms with van der Waals surface area (Å²) >= 11 is 1.31. The summed E-state index contributed by atoms with van der Waals surface area (Å²) in [4.78, 5) is 45.6. The van der Waals surface area contributed by atoms with Gasteiger partial charge < -0.3 is 24.7 Å². The summed E-state index contributed by atoms with van der Waals surface area (Å²) in [6.45, 7) is 6.78. The number of anilines is 1. The van der Waals surface area contributed by atoms with Crippen molar-refractivity contribution in [1.82, 2.24) is 20.1 Å². The average molecular weight is 516 g/mol. The van der Waals surface area contributed by atoms with E-state index in [4.69, 9.17) is 9.15 Å². The van der Waals surface area contributed by atoms with Gasteiger partial charge in [-0.2, -0.15) is 5.11 Å². The van der Waals surface area contributed by atoms with Crippen molar-refractivity contribution in [1.29, 1.82) is 0 Å². The maximum atomic E-state index is 12.6. The molecule has 3 heterocycles. The van der Waals surface area contributed by atoms with Crippen molar-refractivity contribution in [3.05, 3.63) is 30.8 Å². The Morgan fingerprint density at radius 3 is 2.61 bits per heavy atom. The monoisotopic (exact) mass is 515 g/mol. The predicted octanol–water partition coefficient (Wildman–Crippen LogP) is 1.81. The van der Waals surface area contributed by atoms with Gasteiger partial charge in [-0.1, -0.05) is 0 Å². The van der Waals surface area contributed by atoms with E-state index in [2.05, 4.69) is 30.2 Å². The quantitative estimate of drug-likeness (QED) is 0.420. The van der Waals surface area contributed by atoms with Crippen molar-refractivity contribution in [3.63, 3.8) is 0 Å². The van der Waals surface area contributed by atoms with Crippen molar-refractivity contribution in [3.8, 4) is 17.1 Å². The number of ether oxygens (including phenoxy) is 1. The van der Waals surface area contributed by atoms with E-state index >= 15 is 0 Å². The van der Waals surface area contributed by atoms with Crippen LogP contribution in [0.25, 0.3) is 11.3 Å². The summed E-state index contributed by atoms with van der Waals surface area (Å²) in [5.41, 5.74) is 0.422. The number of benzene rings is 1. The van der Waals surface area contributed by atoms with Crippen LogP contribution in [0.15, 0.2) is 44.8 Å². The molecule has 192 valence electrons. The standard InChI is InChI=1S/C23H29N7O5S/c1-23(2,13-29-6-8-30(9-7-29)22(33)17-12-36-28-27-17)26-21(32)20(31)25-15-4-5-16(18(10-15)34-3)19-11-24-14-35-19/h4-5,10-11,14,17H,6-9,12-13H2,1-3H3,(H,25,31)(H,26,32). The molecule has 13 heteroatoms. The maximum Gasteiger partial charge on any atom is 0.313 e. The molecule has 1 fully saturated rings. The lowest BCUT2D eigenvalue weighted by Gasteiger charge is -2.39. The molecule has 1 atom stereocenters. The summed E-state index contributed by atoms with van der Waals surface area (Å²) in [7, 11) is 1.50. The van der Waals surface area contributed by atoms with Gasteiger partial charge in [0.2, 0.25) is 5.91 Å². The molecule has 2 aliphatic rings. The number of rotatable bonds is 7. The van der Waals surface area contributed by atoms with Gasteiger partial charge in [0.1, 0.15) is 5.75 Å². The molecule has 3 amide bonds. The third-order valence-electron chi connectivity index (χ3n) is 5.88. The number of hydrogen-bond acceptors (Lipinski definition) is 10. The molecular formula is C23H29N7O5S. The lowest BCUT2D eigenvalue weighted by atomic mass is 10.0. The van der Waals surface area contributed by atoms with Gasteiger partial charge >= 0.3 is 11.8 Å². The second kappa shape index (κ2) is 11.1. The van der Waals surface area contributed by atoms with Crippen LogP contribution >= 0.6 is 11.9 Å². The van der Waals surface area contributed by atoms with E-state index in [0.29, 0.717) is 61.2 Å². The molecular weight excluding hydrogens is 486 g/mol. The van der Waals surface area contributed by atoms with E-state index in [-0.39, 0.29) is 11.9 Å². The third kappa shape index (κ3) is 6.21. The van der Waals surface area contributed by atoms with Gasteiger partial charge in [0.15, 0.2) is 18.2 Å². The number of carbonyl (C=O) groups excluding carboxylic acids is 3. The topological polar surface area (TPSA) is 142 Å². The first-order valence-electron chi connectivity index (χ1n) is 11.5. The lowest BCUT2D eigenvalue weighted by molar-refractivity contribution is -0.137. The highest BCUT2D eigenvalue weighted by atomic mass is 32.2. The van der Waals surface area contributed by atoms with Crippen molar-refractivity contribution in [2.45, 2.75) is 25.4 Å². The Balaban J connectivity index is 1.27. The summed E-state index contributed by atoms with van der Waals surface area (Å²) in [5, 5.41) is 9.39. The molecule has 1 saturated heterocycles. The number of nitrogens with zero attached hydrogens (tertiary/aromatic N) is 5. The van der Waals surface area contributed by atoms with Crippen LogP contribution in [0.3, 0.4) is 0 Å². The predicted molar refractivity (Wildman–Crippen MR) is 133 cm³/mol. The number of oxazole rings is 1. The summed E-state index contributed by atoms with van der Waals surface area (Å²) in [6, 6.07) is 4.60. The van der Waals surface area contributed by atoms with Crippen molar-refractivity contribution < 1.29 is 23.5 Å². The molecule has 0 spiro atoms. The van der Waals surface area contributed by atoms with E-state index in [1.54, 1.807) is 24.4 Å². The molecule has 1 aromatic carbocycles. The molecule has 1 unspecified atom stereocenters. The van der Waals surface area contributed by atoms with E-state index in [1.807, 2.05) is 18.7 Å². The summed E-state index contributed by atoms with van der Waals surface area (Å²) in [5.74, 6) is 0.0828. The van der Waals surface area contributed by atoms with Gasteiger partial charge in [0, 0.05) is 62.0 Å². The van der Waals surface area contributed by atoms with Crippen molar-refractivity contribution in [2.24, 2.45) is 9.63 Å². The molecule has 0 bridgehead atoms. The lowest BCUT2D eigenvalue weighted by Crippen LogP contribution is -2.58. The molecule has 0 aliphatic carbocycles. The molecule has 0 saturated carbocycles. The Morgan fingerprint density at radius 1 is 1.19 bits per heavy atom. The minimum absolute atomic E-state index is 0.0122. The van der Waals surface area contributed by atoms with Gasteiger partial charge in [-0.25, -0.2) is 4.98 Å². The highest BCUT2D eigenvalue weighted by Crippen LogP contribution is 2.32. The Kier molecular flexibility index (Phi) is 7.89. The number of carbonyl (C=O) groups is 3. The minimum Gasteiger partial charge on any atom is -0.496 e. The molecule has 4 rings (SSSR count). The zero-order valence-corrected chi connectivity index (χ0v) is 21.2. The molecule has 0 radical (unpaired) electrons. The fraction of sp³-hybridized carbons (Fsp3) is 0.478. The van der Waals surface area contributed by atoms with Gasteiger partial charge in [0.05, 0.1) is 24.6 Å². The van der Waals surface area contributed by atoms with Crippen LogP contribution in [0.4, 0.5) is 5.69 Å². The number of aromatic nitrogens is 1. The van der Waals surface area contributed by atoms with Crippen LogP contribution in [-0.2, 0) is 14.4 Å². The van der Waals surface area contributed by atoms with E-state index in [0.717, 1.165) is 0 Å². The molecule has 2 aromatic rings. The van der Waals surface area contributed by atoms with Gasteiger partial charge in [0.25, 0.3) is 0 Å². The first-order chi connectivity index (χ1) is 17.3. The van der Waals surface area contributed by atoms with Crippen molar-refractivity contribution >= 4 is 35.4 Å². The molecule has 36 heavy (non-hydrogen) atoms. The van der Waals surface area contributed by atoms with Crippen LogP contribution in [-0.4, -0.2) is 89.7 Å². The SMILES string of the molecule is COc1cc(NC(=O)C(=O)NC(C)(C)CN2CCN(C(=O)C3CSN=N3)CC2)ccc1-c1cnco1. The Bertz CT molecular complexity index is 1130. The zero-order valence-electron chi connectivity index (χ0n) is 20.4. The normalized spacial score (nSPS) is 18.2. The fourth-order valence-corrected chi connectivity index (χ4v) is 4.75. The van der Waals surface area contributed by atoms with E-state index in [1.165, 1.54) is 25.5 Å². The molecule has 2 N–H and O–H groups in total. The Hall–Kier alpha value is -3.45. The molecule has 2 aliphatic heterocycles. The van der Waals surface area contributed by atoms with Gasteiger partial charge in [-0.05, 0) is 26.0 Å². The summed E-state index contributed by atoms with van der Waals surface area (Å²) < 4.78 is 14.5. The number of piperazine rings is 1. The second-order valence-electron chi connectivity index (χ2n) is 9.18.